The Morgan fingerprint density at radius 3 is 2.38 bits per heavy atom. The van der Waals surface area contributed by atoms with E-state index in [1.54, 1.807) is 0 Å². The van der Waals surface area contributed by atoms with Gasteiger partial charge in [0.2, 0.25) is 0 Å². The number of pyridine rings is 1. The molecule has 1 amide bonds. The molecule has 184 valence electrons. The number of amides is 1. The number of hydrogen-bond acceptors (Lipinski definition) is 4. The lowest BCUT2D eigenvalue weighted by molar-refractivity contribution is 0.0982. The van der Waals surface area contributed by atoms with Gasteiger partial charge in [-0.25, -0.2) is 4.98 Å². The van der Waals surface area contributed by atoms with Gasteiger partial charge in [0, 0.05) is 31.2 Å². The van der Waals surface area contributed by atoms with Crippen molar-refractivity contribution in [2.45, 2.75) is 77.2 Å². The Balaban J connectivity index is 1.52. The first kappa shape index (κ1) is 24.7. The molecule has 1 atom stereocenters. The van der Waals surface area contributed by atoms with Crippen molar-refractivity contribution in [1.29, 1.82) is 0 Å². The van der Waals surface area contributed by atoms with E-state index in [1.807, 2.05) is 30.3 Å². The minimum absolute atomic E-state index is 0.0769. The highest BCUT2D eigenvalue weighted by molar-refractivity contribution is 6.06. The van der Waals surface area contributed by atoms with Crippen LogP contribution in [-0.2, 0) is 0 Å². The summed E-state index contributed by atoms with van der Waals surface area (Å²) < 4.78 is 0. The van der Waals surface area contributed by atoms with Crippen LogP contribution in [0.4, 0.5) is 11.5 Å². The molecule has 1 N–H and O–H groups in total. The van der Waals surface area contributed by atoms with Gasteiger partial charge in [-0.15, -0.1) is 0 Å². The Bertz CT molecular complexity index is 901. The topological polar surface area (TPSA) is 48.5 Å². The number of nitrogens with zero attached hydrogens (tertiary/aromatic N) is 3. The molecule has 4 rings (SSSR count). The number of carbonyl (C=O) groups is 1. The van der Waals surface area contributed by atoms with Crippen LogP contribution in [0.25, 0.3) is 0 Å². The molecule has 0 bridgehead atoms. The van der Waals surface area contributed by atoms with Gasteiger partial charge in [-0.2, -0.15) is 0 Å². The molecule has 0 spiro atoms. The smallest absolute Gasteiger partial charge is 0.258 e. The van der Waals surface area contributed by atoms with Crippen molar-refractivity contribution in [2.24, 2.45) is 5.92 Å². The molecule has 2 aliphatic rings. The summed E-state index contributed by atoms with van der Waals surface area (Å²) in [5, 5.41) is 3.36. The summed E-state index contributed by atoms with van der Waals surface area (Å²) in [7, 11) is 2.02. The van der Waals surface area contributed by atoms with E-state index < -0.39 is 0 Å². The third-order valence-electron chi connectivity index (χ3n) is 8.04. The molecule has 1 aliphatic carbocycles. The van der Waals surface area contributed by atoms with Crippen LogP contribution in [-0.4, -0.2) is 43.6 Å². The highest BCUT2D eigenvalue weighted by atomic mass is 16.2. The van der Waals surface area contributed by atoms with Crippen molar-refractivity contribution in [3.05, 3.63) is 53.7 Å². The van der Waals surface area contributed by atoms with Crippen LogP contribution < -0.4 is 15.1 Å². The quantitative estimate of drug-likeness (QED) is 0.496. The highest BCUT2D eigenvalue weighted by Crippen LogP contribution is 2.33. The highest BCUT2D eigenvalue weighted by Gasteiger charge is 2.24. The second-order valence-electron chi connectivity index (χ2n) is 10.2. The van der Waals surface area contributed by atoms with Crippen molar-refractivity contribution in [1.82, 2.24) is 10.3 Å². The zero-order valence-corrected chi connectivity index (χ0v) is 21.3. The van der Waals surface area contributed by atoms with E-state index in [-0.39, 0.29) is 5.91 Å². The fourth-order valence-electron chi connectivity index (χ4n) is 5.53. The van der Waals surface area contributed by atoms with Crippen LogP contribution in [0.3, 0.4) is 0 Å². The Morgan fingerprint density at radius 2 is 1.79 bits per heavy atom. The number of anilines is 2. The van der Waals surface area contributed by atoms with E-state index in [2.05, 4.69) is 48.3 Å². The molecular formula is C29H42N4O. The summed E-state index contributed by atoms with van der Waals surface area (Å²) in [5.41, 5.74) is 3.05. The maximum Gasteiger partial charge on any atom is 0.258 e. The van der Waals surface area contributed by atoms with E-state index in [0.717, 1.165) is 56.0 Å². The summed E-state index contributed by atoms with van der Waals surface area (Å²) in [6.07, 6.45) is 11.7. The fourth-order valence-corrected chi connectivity index (χ4v) is 5.53. The van der Waals surface area contributed by atoms with Gasteiger partial charge in [-0.3, -0.25) is 4.79 Å². The minimum atomic E-state index is 0.0769. The van der Waals surface area contributed by atoms with Crippen LogP contribution in [0.1, 0.15) is 87.1 Å². The first-order valence-corrected chi connectivity index (χ1v) is 13.4. The third-order valence-corrected chi connectivity index (χ3v) is 8.04. The van der Waals surface area contributed by atoms with E-state index in [1.165, 1.54) is 37.7 Å². The predicted molar refractivity (Wildman–Crippen MR) is 142 cm³/mol. The molecule has 34 heavy (non-hydrogen) atoms. The van der Waals surface area contributed by atoms with Crippen molar-refractivity contribution < 1.29 is 4.79 Å². The molecule has 1 unspecified atom stereocenters. The zero-order valence-electron chi connectivity index (χ0n) is 21.3. The van der Waals surface area contributed by atoms with Gasteiger partial charge < -0.3 is 15.1 Å². The Labute approximate surface area is 205 Å². The fraction of sp³-hybridized carbons (Fsp3) is 0.586. The second-order valence-corrected chi connectivity index (χ2v) is 10.2. The molecule has 2 fully saturated rings. The van der Waals surface area contributed by atoms with Gasteiger partial charge in [0.15, 0.2) is 0 Å². The maximum atomic E-state index is 13.7. The normalized spacial score (nSPS) is 19.1. The van der Waals surface area contributed by atoms with Gasteiger partial charge in [0.25, 0.3) is 5.91 Å². The molecule has 2 aromatic rings. The first-order valence-electron chi connectivity index (χ1n) is 13.4. The first-order chi connectivity index (χ1) is 16.6. The van der Waals surface area contributed by atoms with Gasteiger partial charge in [-0.1, -0.05) is 58.1 Å². The number of hydrogen-bond donors (Lipinski definition) is 1. The van der Waals surface area contributed by atoms with Crippen LogP contribution in [0.15, 0.2) is 42.6 Å². The lowest BCUT2D eigenvalue weighted by Gasteiger charge is -2.28. The number of rotatable bonds is 9. The summed E-state index contributed by atoms with van der Waals surface area (Å²) >= 11 is 0. The average Bonchev–Trinajstić information content (AvgIpc) is 3.39. The third kappa shape index (κ3) is 5.80. The molecule has 2 heterocycles. The molecule has 1 saturated heterocycles. The summed E-state index contributed by atoms with van der Waals surface area (Å²) in [6, 6.07) is 13.1. The molecule has 0 radical (unpaired) electrons. The van der Waals surface area contributed by atoms with Crippen molar-refractivity contribution >= 4 is 17.4 Å². The minimum Gasteiger partial charge on any atom is -0.355 e. The Hall–Kier alpha value is -2.40. The van der Waals surface area contributed by atoms with Crippen molar-refractivity contribution in [2.75, 3.05) is 36.5 Å². The van der Waals surface area contributed by atoms with Crippen LogP contribution in [0.5, 0.6) is 0 Å². The lowest BCUT2D eigenvalue weighted by Crippen LogP contribution is -2.35. The van der Waals surface area contributed by atoms with Crippen molar-refractivity contribution in [3.8, 4) is 0 Å². The Morgan fingerprint density at radius 1 is 1.06 bits per heavy atom. The standard InChI is InChI=1S/C29H42N4O/c1-4-22(5-2)20-33(27-15-16-28(31-19-27)32-18-17-26(21-32)30-3)29(34)25-13-11-24(12-14-25)23-9-7-6-8-10-23/h11-16,19,22-23,26,30H,4-10,17-18,20-21H2,1-3H3. The molecule has 1 aromatic heterocycles. The molecule has 1 aromatic carbocycles. The largest absolute Gasteiger partial charge is 0.355 e. The molecule has 5 heteroatoms. The zero-order chi connectivity index (χ0) is 23.9. The van der Waals surface area contributed by atoms with Crippen LogP contribution in [0.2, 0.25) is 0 Å². The number of likely N-dealkylation sites (N-methyl/N-ethyl adjacent to an activating group) is 1. The monoisotopic (exact) mass is 462 g/mol. The van der Waals surface area contributed by atoms with Gasteiger partial charge >= 0.3 is 0 Å². The number of aromatic nitrogens is 1. The van der Waals surface area contributed by atoms with E-state index >= 15 is 0 Å². The molecule has 5 nitrogen and oxygen atoms in total. The lowest BCUT2D eigenvalue weighted by atomic mass is 9.84. The SMILES string of the molecule is CCC(CC)CN(C(=O)c1ccc(C2CCCCC2)cc1)c1ccc(N2CCC(NC)C2)nc1. The number of carbonyl (C=O) groups excluding carboxylic acids is 1. The number of nitrogens with one attached hydrogen (secondary N) is 1. The molecule has 1 saturated carbocycles. The van der Waals surface area contributed by atoms with Gasteiger partial charge in [0.05, 0.1) is 11.9 Å². The summed E-state index contributed by atoms with van der Waals surface area (Å²) in [6.45, 7) is 7.14. The average molecular weight is 463 g/mol. The van der Waals surface area contributed by atoms with E-state index in [0.29, 0.717) is 17.9 Å². The second kappa shape index (κ2) is 11.8. The predicted octanol–water partition coefficient (Wildman–Crippen LogP) is 6.01. The molecule has 1 aliphatic heterocycles. The van der Waals surface area contributed by atoms with Crippen LogP contribution in [0, 0.1) is 5.92 Å². The van der Waals surface area contributed by atoms with E-state index in [4.69, 9.17) is 4.98 Å². The summed E-state index contributed by atoms with van der Waals surface area (Å²) in [4.78, 5) is 22.7. The van der Waals surface area contributed by atoms with E-state index in [9.17, 15) is 4.79 Å². The maximum absolute atomic E-state index is 13.7. The number of benzene rings is 1. The Kier molecular flexibility index (Phi) is 8.60. The van der Waals surface area contributed by atoms with Crippen LogP contribution >= 0.6 is 0 Å². The van der Waals surface area contributed by atoms with Gasteiger partial charge in [-0.05, 0) is 68.0 Å². The molecular weight excluding hydrogens is 420 g/mol. The van der Waals surface area contributed by atoms with Gasteiger partial charge in [0.1, 0.15) is 5.82 Å². The van der Waals surface area contributed by atoms with Crippen molar-refractivity contribution in [3.63, 3.8) is 0 Å². The summed E-state index contributed by atoms with van der Waals surface area (Å²) in [5.74, 6) is 2.20.